The van der Waals surface area contributed by atoms with Crippen LogP contribution in [0.5, 0.6) is 0 Å². The molecule has 2 heterocycles. The van der Waals surface area contributed by atoms with Crippen molar-refractivity contribution < 1.29 is 9.31 Å². The third-order valence-corrected chi connectivity index (χ3v) is 5.04. The molecule has 5 nitrogen and oxygen atoms in total. The molecule has 0 saturated carbocycles. The number of nitro benzene ring substituents is 1. The Morgan fingerprint density at radius 3 is 2.90 bits per heavy atom. The van der Waals surface area contributed by atoms with Crippen LogP contribution in [0.1, 0.15) is 25.7 Å². The van der Waals surface area contributed by atoms with Crippen LogP contribution in [0.4, 0.5) is 15.8 Å². The normalized spacial score (nSPS) is 25.6. The molecule has 2 atom stereocenters. The Labute approximate surface area is 130 Å². The van der Waals surface area contributed by atoms with E-state index in [0.717, 1.165) is 32.0 Å². The average Bonchev–Trinajstić information content (AvgIpc) is 2.86. The summed E-state index contributed by atoms with van der Waals surface area (Å²) in [7, 11) is 0. The summed E-state index contributed by atoms with van der Waals surface area (Å²) in [5.74, 6) is -0.613. The first-order valence-electron chi connectivity index (χ1n) is 7.20. The molecule has 1 N–H and O–H groups in total. The molecule has 2 unspecified atom stereocenters. The van der Waals surface area contributed by atoms with Crippen LogP contribution >= 0.6 is 15.9 Å². The van der Waals surface area contributed by atoms with E-state index < -0.39 is 10.7 Å². The van der Waals surface area contributed by atoms with Crippen molar-refractivity contribution in [1.29, 1.82) is 0 Å². The van der Waals surface area contributed by atoms with Crippen LogP contribution in [0.3, 0.4) is 0 Å². The average molecular weight is 358 g/mol. The van der Waals surface area contributed by atoms with E-state index in [9.17, 15) is 14.5 Å². The maximum atomic E-state index is 13.5. The Morgan fingerprint density at radius 1 is 1.33 bits per heavy atom. The Kier molecular flexibility index (Phi) is 4.12. The van der Waals surface area contributed by atoms with Gasteiger partial charge in [-0.15, -0.1) is 0 Å². The molecule has 21 heavy (non-hydrogen) atoms. The van der Waals surface area contributed by atoms with Gasteiger partial charge in [-0.3, -0.25) is 15.0 Å². The summed E-state index contributed by atoms with van der Waals surface area (Å²) in [5, 5.41) is 14.4. The molecule has 1 aromatic carbocycles. The molecule has 0 spiro atoms. The fraction of sp³-hybridized carbons (Fsp3) is 0.571. The molecule has 0 amide bonds. The lowest BCUT2D eigenvalue weighted by atomic mass is 9.99. The predicted octanol–water partition coefficient (Wildman–Crippen LogP) is 3.54. The summed E-state index contributed by atoms with van der Waals surface area (Å²) < 4.78 is 13.8. The van der Waals surface area contributed by atoms with E-state index >= 15 is 0 Å². The molecule has 0 bridgehead atoms. The molecule has 7 heteroatoms. The van der Waals surface area contributed by atoms with Crippen LogP contribution in [-0.4, -0.2) is 35.0 Å². The summed E-state index contributed by atoms with van der Waals surface area (Å²) in [6.07, 6.45) is 4.52. The number of benzene rings is 1. The molecular weight excluding hydrogens is 341 g/mol. The van der Waals surface area contributed by atoms with Crippen molar-refractivity contribution in [3.8, 4) is 0 Å². The zero-order chi connectivity index (χ0) is 15.0. The topological polar surface area (TPSA) is 58.4 Å². The Bertz CT molecular complexity index is 569. The minimum atomic E-state index is -0.613. The molecule has 0 radical (unpaired) electrons. The minimum absolute atomic E-state index is 0.196. The zero-order valence-corrected chi connectivity index (χ0v) is 13.1. The maximum Gasteiger partial charge on any atom is 0.295 e. The van der Waals surface area contributed by atoms with Crippen molar-refractivity contribution in [2.75, 3.05) is 18.4 Å². The number of nitrogens with zero attached hydrogens (tertiary/aromatic N) is 2. The standard InChI is InChI=1S/C14H17BrFN3O2/c15-9-7-12(14(19(20)21)8-10(9)16)17-11-4-6-18-5-2-1-3-13(11)18/h7-8,11,13,17H,1-6H2. The van der Waals surface area contributed by atoms with Gasteiger partial charge in [0.1, 0.15) is 11.5 Å². The molecule has 2 saturated heterocycles. The van der Waals surface area contributed by atoms with E-state index in [1.54, 1.807) is 0 Å². The molecule has 1 aromatic rings. The number of rotatable bonds is 3. The highest BCUT2D eigenvalue weighted by Gasteiger charge is 2.36. The van der Waals surface area contributed by atoms with Crippen molar-refractivity contribution in [2.45, 2.75) is 37.8 Å². The molecule has 114 valence electrons. The van der Waals surface area contributed by atoms with Gasteiger partial charge in [-0.05, 0) is 47.8 Å². The van der Waals surface area contributed by atoms with E-state index in [0.29, 0.717) is 11.7 Å². The first kappa shape index (κ1) is 14.7. The molecule has 0 aromatic heterocycles. The number of nitrogens with one attached hydrogen (secondary N) is 1. The lowest BCUT2D eigenvalue weighted by Crippen LogP contribution is -2.41. The van der Waals surface area contributed by atoms with Crippen LogP contribution in [0.2, 0.25) is 0 Å². The number of anilines is 1. The van der Waals surface area contributed by atoms with Gasteiger partial charge in [0.2, 0.25) is 0 Å². The second kappa shape index (κ2) is 5.88. The molecule has 2 fully saturated rings. The summed E-state index contributed by atoms with van der Waals surface area (Å²) in [6.45, 7) is 2.14. The highest BCUT2D eigenvalue weighted by Crippen LogP contribution is 2.34. The SMILES string of the molecule is O=[N+]([O-])c1cc(F)c(Br)cc1NC1CCN2CCCCC12. The second-order valence-corrected chi connectivity index (χ2v) is 6.53. The fourth-order valence-corrected chi connectivity index (χ4v) is 3.76. The summed E-state index contributed by atoms with van der Waals surface area (Å²) in [6, 6.07) is 3.07. The summed E-state index contributed by atoms with van der Waals surface area (Å²) in [5.41, 5.74) is 0.190. The van der Waals surface area contributed by atoms with Gasteiger partial charge < -0.3 is 5.32 Å². The maximum absolute atomic E-state index is 13.5. The van der Waals surface area contributed by atoms with Crippen LogP contribution in [0, 0.1) is 15.9 Å². The molecular formula is C14H17BrFN3O2. The van der Waals surface area contributed by atoms with Gasteiger partial charge in [0.15, 0.2) is 0 Å². The van der Waals surface area contributed by atoms with E-state index in [4.69, 9.17) is 0 Å². The largest absolute Gasteiger partial charge is 0.375 e. The quantitative estimate of drug-likeness (QED) is 0.663. The molecule has 3 rings (SSSR count). The van der Waals surface area contributed by atoms with E-state index in [2.05, 4.69) is 26.1 Å². The van der Waals surface area contributed by atoms with Crippen LogP contribution in [0.15, 0.2) is 16.6 Å². The van der Waals surface area contributed by atoms with Gasteiger partial charge in [-0.2, -0.15) is 0 Å². The number of hydrogen-bond donors (Lipinski definition) is 1. The number of halogens is 2. The zero-order valence-electron chi connectivity index (χ0n) is 11.5. The monoisotopic (exact) mass is 357 g/mol. The number of nitro groups is 1. The summed E-state index contributed by atoms with van der Waals surface area (Å²) in [4.78, 5) is 13.0. The lowest BCUT2D eigenvalue weighted by Gasteiger charge is -2.32. The molecule has 2 aliphatic heterocycles. The van der Waals surface area contributed by atoms with E-state index in [1.165, 1.54) is 18.9 Å². The third kappa shape index (κ3) is 2.89. The third-order valence-electron chi connectivity index (χ3n) is 4.43. The Balaban J connectivity index is 1.84. The van der Waals surface area contributed by atoms with Gasteiger partial charge in [0, 0.05) is 18.6 Å². The number of fused-ring (bicyclic) bond motifs is 1. The first-order chi connectivity index (χ1) is 10.1. The second-order valence-electron chi connectivity index (χ2n) is 5.68. The van der Waals surface area contributed by atoms with Crippen LogP contribution in [-0.2, 0) is 0 Å². The van der Waals surface area contributed by atoms with Gasteiger partial charge in [-0.25, -0.2) is 4.39 Å². The van der Waals surface area contributed by atoms with Crippen molar-refractivity contribution in [3.05, 3.63) is 32.5 Å². The predicted molar refractivity (Wildman–Crippen MR) is 82.0 cm³/mol. The molecule has 0 aliphatic carbocycles. The Hall–Kier alpha value is -1.21. The van der Waals surface area contributed by atoms with Crippen molar-refractivity contribution >= 4 is 27.3 Å². The van der Waals surface area contributed by atoms with Gasteiger partial charge in [0.25, 0.3) is 5.69 Å². The van der Waals surface area contributed by atoms with E-state index in [-0.39, 0.29) is 16.2 Å². The van der Waals surface area contributed by atoms with Crippen LogP contribution < -0.4 is 5.32 Å². The molecule has 2 aliphatic rings. The summed E-state index contributed by atoms with van der Waals surface area (Å²) >= 11 is 3.10. The van der Waals surface area contributed by atoms with Gasteiger partial charge >= 0.3 is 0 Å². The fourth-order valence-electron chi connectivity index (χ4n) is 3.42. The van der Waals surface area contributed by atoms with Crippen LogP contribution in [0.25, 0.3) is 0 Å². The minimum Gasteiger partial charge on any atom is -0.375 e. The highest BCUT2D eigenvalue weighted by atomic mass is 79.9. The smallest absolute Gasteiger partial charge is 0.295 e. The van der Waals surface area contributed by atoms with Gasteiger partial charge in [0.05, 0.1) is 15.5 Å². The van der Waals surface area contributed by atoms with Gasteiger partial charge in [-0.1, -0.05) is 6.42 Å². The van der Waals surface area contributed by atoms with Crippen molar-refractivity contribution in [1.82, 2.24) is 4.90 Å². The van der Waals surface area contributed by atoms with Crippen molar-refractivity contribution in [3.63, 3.8) is 0 Å². The highest BCUT2D eigenvalue weighted by molar-refractivity contribution is 9.10. The lowest BCUT2D eigenvalue weighted by molar-refractivity contribution is -0.384. The van der Waals surface area contributed by atoms with E-state index in [1.807, 2.05) is 0 Å². The van der Waals surface area contributed by atoms with Crippen molar-refractivity contribution in [2.24, 2.45) is 0 Å². The first-order valence-corrected chi connectivity index (χ1v) is 7.99. The number of hydrogen-bond acceptors (Lipinski definition) is 4. The Morgan fingerprint density at radius 2 is 2.14 bits per heavy atom. The number of piperidine rings is 1.